The molecule has 0 heterocycles. The lowest BCUT2D eigenvalue weighted by molar-refractivity contribution is -0.129. The molecule has 1 amide bonds. The number of carbonyl (C=O) groups excluding carboxylic acids is 1. The zero-order chi connectivity index (χ0) is 13.5. The van der Waals surface area contributed by atoms with Crippen LogP contribution in [0.4, 0.5) is 0 Å². The van der Waals surface area contributed by atoms with Crippen molar-refractivity contribution < 1.29 is 10.0 Å². The van der Waals surface area contributed by atoms with Crippen LogP contribution < -0.4 is 5.48 Å². The second kappa shape index (κ2) is 14.8. The number of nitrogens with one attached hydrogen (secondary N) is 1. The first-order valence-electron chi connectivity index (χ1n) is 7.30. The second-order valence-electron chi connectivity index (χ2n) is 4.86. The molecule has 0 aromatic carbocycles. The molecule has 0 saturated heterocycles. The average Bonchev–Trinajstić information content (AvgIpc) is 2.39. The first-order chi connectivity index (χ1) is 8.81. The maximum atomic E-state index is 10.7. The van der Waals surface area contributed by atoms with Crippen LogP contribution in [-0.4, -0.2) is 17.0 Å². The van der Waals surface area contributed by atoms with Crippen LogP contribution in [0.5, 0.6) is 0 Å². The van der Waals surface area contributed by atoms with Gasteiger partial charge in [0.1, 0.15) is 0 Å². The number of hydroxylamine groups is 1. The van der Waals surface area contributed by atoms with E-state index in [-0.39, 0.29) is 5.91 Å². The van der Waals surface area contributed by atoms with E-state index in [1.54, 1.807) is 5.48 Å². The third-order valence-electron chi connectivity index (χ3n) is 3.16. The predicted molar refractivity (Wildman–Crippen MR) is 76.1 cm³/mol. The van der Waals surface area contributed by atoms with Crippen LogP contribution in [0.2, 0.25) is 0 Å². The van der Waals surface area contributed by atoms with Crippen molar-refractivity contribution in [1.29, 1.82) is 0 Å². The van der Waals surface area contributed by atoms with Crippen molar-refractivity contribution in [3.05, 3.63) is 0 Å². The highest BCUT2D eigenvalue weighted by molar-refractivity contribution is 6.17. The van der Waals surface area contributed by atoms with Gasteiger partial charge in [-0.05, 0) is 12.8 Å². The molecule has 0 rings (SSSR count). The lowest BCUT2D eigenvalue weighted by atomic mass is 10.1. The van der Waals surface area contributed by atoms with Gasteiger partial charge in [0, 0.05) is 12.3 Å². The summed E-state index contributed by atoms with van der Waals surface area (Å²) in [7, 11) is 0. The van der Waals surface area contributed by atoms with Crippen LogP contribution >= 0.6 is 11.6 Å². The molecule has 3 nitrogen and oxygen atoms in total. The van der Waals surface area contributed by atoms with Gasteiger partial charge >= 0.3 is 0 Å². The van der Waals surface area contributed by atoms with Crippen LogP contribution in [0.1, 0.15) is 77.0 Å². The van der Waals surface area contributed by atoms with Gasteiger partial charge in [-0.3, -0.25) is 10.0 Å². The molecular formula is C14H28ClNO2. The molecule has 0 aromatic heterocycles. The van der Waals surface area contributed by atoms with Gasteiger partial charge in [-0.2, -0.15) is 0 Å². The molecule has 18 heavy (non-hydrogen) atoms. The minimum Gasteiger partial charge on any atom is -0.289 e. The highest BCUT2D eigenvalue weighted by Crippen LogP contribution is 2.12. The summed E-state index contributed by atoms with van der Waals surface area (Å²) in [5, 5.41) is 8.31. The van der Waals surface area contributed by atoms with E-state index >= 15 is 0 Å². The Morgan fingerprint density at radius 1 is 0.778 bits per heavy atom. The Bertz CT molecular complexity index is 189. The first-order valence-corrected chi connectivity index (χ1v) is 7.83. The fourth-order valence-corrected chi connectivity index (χ4v) is 2.22. The molecule has 0 spiro atoms. The highest BCUT2D eigenvalue weighted by atomic mass is 35.5. The lowest BCUT2D eigenvalue weighted by Gasteiger charge is -2.02. The summed E-state index contributed by atoms with van der Waals surface area (Å²) in [4.78, 5) is 10.7. The predicted octanol–water partition coefficient (Wildman–Crippen LogP) is 4.41. The highest BCUT2D eigenvalue weighted by Gasteiger charge is 1.98. The van der Waals surface area contributed by atoms with Crippen LogP contribution in [-0.2, 0) is 4.79 Å². The van der Waals surface area contributed by atoms with Gasteiger partial charge in [0.15, 0.2) is 0 Å². The molecule has 0 radical (unpaired) electrons. The molecule has 0 bridgehead atoms. The van der Waals surface area contributed by atoms with Gasteiger partial charge in [-0.1, -0.05) is 57.8 Å². The molecule has 0 aliphatic heterocycles. The van der Waals surface area contributed by atoms with E-state index in [2.05, 4.69) is 0 Å². The molecule has 0 fully saturated rings. The Balaban J connectivity index is 2.97. The Hall–Kier alpha value is -0.280. The molecule has 0 aromatic rings. The first kappa shape index (κ1) is 17.7. The van der Waals surface area contributed by atoms with Crippen molar-refractivity contribution in [3.8, 4) is 0 Å². The Labute approximate surface area is 116 Å². The van der Waals surface area contributed by atoms with Gasteiger partial charge < -0.3 is 0 Å². The molecule has 0 aliphatic rings. The third-order valence-corrected chi connectivity index (χ3v) is 3.43. The SMILES string of the molecule is O=C(CCCCCCCCCCCCCCl)NO. The van der Waals surface area contributed by atoms with Gasteiger partial charge in [-0.25, -0.2) is 5.48 Å². The lowest BCUT2D eigenvalue weighted by Crippen LogP contribution is -2.17. The smallest absolute Gasteiger partial charge is 0.243 e. The Kier molecular flexibility index (Phi) is 14.5. The number of unbranched alkanes of at least 4 members (excludes halogenated alkanes) is 10. The van der Waals surface area contributed by atoms with Crippen molar-refractivity contribution in [2.75, 3.05) is 5.88 Å². The van der Waals surface area contributed by atoms with E-state index in [9.17, 15) is 4.79 Å². The fraction of sp³-hybridized carbons (Fsp3) is 0.929. The largest absolute Gasteiger partial charge is 0.289 e. The molecule has 0 atom stereocenters. The van der Waals surface area contributed by atoms with Gasteiger partial charge in [0.25, 0.3) is 0 Å². The van der Waals surface area contributed by atoms with Gasteiger partial charge in [-0.15, -0.1) is 11.6 Å². The minimum atomic E-state index is -0.271. The molecule has 108 valence electrons. The van der Waals surface area contributed by atoms with Crippen LogP contribution in [0, 0.1) is 0 Å². The molecule has 0 unspecified atom stereocenters. The number of rotatable bonds is 13. The average molecular weight is 278 g/mol. The molecule has 2 N–H and O–H groups in total. The zero-order valence-corrected chi connectivity index (χ0v) is 12.2. The van der Waals surface area contributed by atoms with Gasteiger partial charge in [0.2, 0.25) is 5.91 Å². The number of carbonyl (C=O) groups is 1. The molecule has 4 heteroatoms. The minimum absolute atomic E-state index is 0.271. The van der Waals surface area contributed by atoms with E-state index < -0.39 is 0 Å². The molecule has 0 saturated carbocycles. The fourth-order valence-electron chi connectivity index (χ4n) is 2.03. The summed E-state index contributed by atoms with van der Waals surface area (Å²) in [6, 6.07) is 0. The Morgan fingerprint density at radius 2 is 1.17 bits per heavy atom. The van der Waals surface area contributed by atoms with E-state index in [4.69, 9.17) is 16.8 Å². The van der Waals surface area contributed by atoms with Gasteiger partial charge in [0.05, 0.1) is 0 Å². The van der Waals surface area contributed by atoms with Crippen molar-refractivity contribution in [2.24, 2.45) is 0 Å². The van der Waals surface area contributed by atoms with Crippen LogP contribution in [0.3, 0.4) is 0 Å². The molecule has 0 aliphatic carbocycles. The standard InChI is InChI=1S/C14H28ClNO2/c15-13-11-9-7-5-3-1-2-4-6-8-10-12-14(17)16-18/h18H,1-13H2,(H,16,17). The maximum absolute atomic E-state index is 10.7. The van der Waals surface area contributed by atoms with Crippen molar-refractivity contribution >= 4 is 17.5 Å². The molecular weight excluding hydrogens is 250 g/mol. The number of hydrogen-bond acceptors (Lipinski definition) is 2. The number of halogens is 1. The Morgan fingerprint density at radius 3 is 1.56 bits per heavy atom. The summed E-state index contributed by atoms with van der Waals surface area (Å²) in [5.74, 6) is 0.529. The van der Waals surface area contributed by atoms with E-state index in [0.29, 0.717) is 6.42 Å². The number of alkyl halides is 1. The summed E-state index contributed by atoms with van der Waals surface area (Å²) < 4.78 is 0. The quantitative estimate of drug-likeness (QED) is 0.227. The summed E-state index contributed by atoms with van der Waals surface area (Å²) in [6.45, 7) is 0. The van der Waals surface area contributed by atoms with E-state index in [1.165, 1.54) is 51.4 Å². The van der Waals surface area contributed by atoms with E-state index in [1.807, 2.05) is 0 Å². The number of amides is 1. The van der Waals surface area contributed by atoms with Crippen molar-refractivity contribution in [1.82, 2.24) is 5.48 Å². The monoisotopic (exact) mass is 277 g/mol. The topological polar surface area (TPSA) is 49.3 Å². The summed E-state index contributed by atoms with van der Waals surface area (Å²) >= 11 is 5.61. The summed E-state index contributed by atoms with van der Waals surface area (Å²) in [6.07, 6.45) is 13.9. The third kappa shape index (κ3) is 13.8. The maximum Gasteiger partial charge on any atom is 0.243 e. The number of hydrogen-bond donors (Lipinski definition) is 2. The second-order valence-corrected chi connectivity index (χ2v) is 5.24. The van der Waals surface area contributed by atoms with Crippen LogP contribution in [0.25, 0.3) is 0 Å². The van der Waals surface area contributed by atoms with E-state index in [0.717, 1.165) is 25.1 Å². The van der Waals surface area contributed by atoms with Crippen molar-refractivity contribution in [2.45, 2.75) is 77.0 Å². The normalized spacial score (nSPS) is 10.6. The summed E-state index contributed by atoms with van der Waals surface area (Å²) in [5.41, 5.74) is 1.66. The van der Waals surface area contributed by atoms with Crippen molar-refractivity contribution in [3.63, 3.8) is 0 Å². The zero-order valence-electron chi connectivity index (χ0n) is 11.4. The van der Waals surface area contributed by atoms with Crippen LogP contribution in [0.15, 0.2) is 0 Å².